The first-order valence-corrected chi connectivity index (χ1v) is 4.55. The summed E-state index contributed by atoms with van der Waals surface area (Å²) >= 11 is 0. The van der Waals surface area contributed by atoms with Crippen molar-refractivity contribution in [2.75, 3.05) is 6.54 Å². The van der Waals surface area contributed by atoms with Crippen LogP contribution in [-0.4, -0.2) is 58.0 Å². The predicted octanol–water partition coefficient (Wildman–Crippen LogP) is -0.0668. The van der Waals surface area contributed by atoms with Crippen molar-refractivity contribution in [3.63, 3.8) is 0 Å². The third kappa shape index (κ3) is 2.48. The number of alkyl halides is 4. The maximum Gasteiger partial charge on any atom is 0.383 e. The number of carboxylic acid groups (broad SMARTS) is 1. The van der Waals surface area contributed by atoms with Crippen LogP contribution in [-0.2, 0) is 9.59 Å². The zero-order valence-electron chi connectivity index (χ0n) is 8.32. The maximum atomic E-state index is 12.7. The zero-order chi connectivity index (χ0) is 13.4. The summed E-state index contributed by atoms with van der Waals surface area (Å²) in [6, 6.07) is -1.71. The molecule has 0 aliphatic carbocycles. The van der Waals surface area contributed by atoms with Gasteiger partial charge in [-0.15, -0.1) is 0 Å². The smallest absolute Gasteiger partial charge is 0.383 e. The number of carboxylic acids is 1. The molecule has 0 aromatic rings. The summed E-state index contributed by atoms with van der Waals surface area (Å²) in [5.74, 6) is -8.85. The zero-order valence-corrected chi connectivity index (χ0v) is 8.32. The van der Waals surface area contributed by atoms with Crippen molar-refractivity contribution >= 4 is 11.9 Å². The summed E-state index contributed by atoms with van der Waals surface area (Å²) in [6.45, 7) is -0.696. The second-order valence-corrected chi connectivity index (χ2v) is 3.62. The average molecular weight is 259 g/mol. The fraction of sp³-hybridized carbons (Fsp3) is 0.750. The Kier molecular flexibility index (Phi) is 3.60. The van der Waals surface area contributed by atoms with Crippen molar-refractivity contribution in [2.24, 2.45) is 0 Å². The van der Waals surface area contributed by atoms with Gasteiger partial charge in [-0.05, 0) is 0 Å². The van der Waals surface area contributed by atoms with Crippen molar-refractivity contribution < 1.29 is 37.4 Å². The number of aliphatic carboxylic acids is 1. The first-order valence-electron chi connectivity index (χ1n) is 4.55. The van der Waals surface area contributed by atoms with Crippen LogP contribution < -0.4 is 0 Å². The Morgan fingerprint density at radius 1 is 1.35 bits per heavy atom. The summed E-state index contributed by atoms with van der Waals surface area (Å²) < 4.78 is 49.3. The minimum atomic E-state index is -4.95. The molecule has 5 nitrogen and oxygen atoms in total. The van der Waals surface area contributed by atoms with Gasteiger partial charge in [-0.3, -0.25) is 4.79 Å². The number of hydrogen-bond acceptors (Lipinski definition) is 3. The minimum Gasteiger partial charge on any atom is -0.480 e. The lowest BCUT2D eigenvalue weighted by atomic mass is 10.2. The summed E-state index contributed by atoms with van der Waals surface area (Å²) in [6.07, 6.45) is -5.99. The molecule has 1 saturated heterocycles. The van der Waals surface area contributed by atoms with E-state index in [0.29, 0.717) is 0 Å². The number of likely N-dealkylation sites (tertiary alicyclic amines) is 1. The van der Waals surface area contributed by atoms with Gasteiger partial charge in [0, 0.05) is 13.0 Å². The first-order chi connectivity index (χ1) is 7.67. The number of aliphatic hydroxyl groups excluding tert-OH is 1. The SMILES string of the molecule is O=C(O)[C@H]1C[C@@H](O)CN1C(=O)C(F)(F)C(F)F. The lowest BCUT2D eigenvalue weighted by molar-refractivity contribution is -0.183. The Hall–Kier alpha value is -1.38. The molecule has 1 aliphatic rings. The van der Waals surface area contributed by atoms with E-state index >= 15 is 0 Å². The van der Waals surface area contributed by atoms with Gasteiger partial charge in [0.25, 0.3) is 5.91 Å². The molecule has 0 spiro atoms. The Morgan fingerprint density at radius 3 is 2.29 bits per heavy atom. The standard InChI is InChI=1S/C8H9F4NO4/c9-6(10)8(11,12)7(17)13-2-3(14)1-4(13)5(15)16/h3-4,6,14H,1-2H2,(H,15,16)/t3-,4-/m1/s1. The highest BCUT2D eigenvalue weighted by molar-refractivity contribution is 5.89. The molecule has 98 valence electrons. The molecule has 0 radical (unpaired) electrons. The van der Waals surface area contributed by atoms with Crippen molar-refractivity contribution in [2.45, 2.75) is 30.9 Å². The summed E-state index contributed by atoms with van der Waals surface area (Å²) in [5.41, 5.74) is 0. The molecule has 0 aromatic heterocycles. The third-order valence-electron chi connectivity index (χ3n) is 2.38. The average Bonchev–Trinajstić information content (AvgIpc) is 2.58. The number of β-amino-alcohol motifs (C(OH)–C–C–N with tert-alkyl or cyclic N) is 1. The topological polar surface area (TPSA) is 77.8 Å². The van der Waals surface area contributed by atoms with E-state index in [-0.39, 0.29) is 4.90 Å². The lowest BCUT2D eigenvalue weighted by Crippen LogP contribution is -2.51. The third-order valence-corrected chi connectivity index (χ3v) is 2.38. The van der Waals surface area contributed by atoms with Gasteiger partial charge in [-0.2, -0.15) is 8.78 Å². The normalized spacial score (nSPS) is 25.4. The van der Waals surface area contributed by atoms with Gasteiger partial charge in [0.05, 0.1) is 6.10 Å². The molecule has 0 unspecified atom stereocenters. The van der Waals surface area contributed by atoms with Crippen LogP contribution in [0.15, 0.2) is 0 Å². The highest BCUT2D eigenvalue weighted by atomic mass is 19.3. The highest BCUT2D eigenvalue weighted by Gasteiger charge is 2.55. The number of aliphatic hydroxyl groups is 1. The molecule has 0 aromatic carbocycles. The van der Waals surface area contributed by atoms with Gasteiger partial charge < -0.3 is 15.1 Å². The number of amides is 1. The largest absolute Gasteiger partial charge is 0.480 e. The molecule has 17 heavy (non-hydrogen) atoms. The molecular formula is C8H9F4NO4. The van der Waals surface area contributed by atoms with Crippen molar-refractivity contribution in [3.05, 3.63) is 0 Å². The Bertz CT molecular complexity index is 335. The van der Waals surface area contributed by atoms with E-state index in [1.54, 1.807) is 0 Å². The van der Waals surface area contributed by atoms with Crippen molar-refractivity contribution in [3.8, 4) is 0 Å². The van der Waals surface area contributed by atoms with E-state index in [1.165, 1.54) is 0 Å². The first kappa shape index (κ1) is 13.7. The number of rotatable bonds is 3. The lowest BCUT2D eigenvalue weighted by Gasteiger charge is -2.25. The molecule has 1 aliphatic heterocycles. The Morgan fingerprint density at radius 2 is 1.88 bits per heavy atom. The fourth-order valence-corrected chi connectivity index (χ4v) is 1.56. The van der Waals surface area contributed by atoms with Crippen LogP contribution in [0.1, 0.15) is 6.42 Å². The molecule has 0 bridgehead atoms. The van der Waals surface area contributed by atoms with Crippen LogP contribution in [0.5, 0.6) is 0 Å². The molecule has 1 amide bonds. The maximum absolute atomic E-state index is 12.7. The Balaban J connectivity index is 2.92. The monoisotopic (exact) mass is 259 g/mol. The van der Waals surface area contributed by atoms with Crippen LogP contribution in [0.3, 0.4) is 0 Å². The van der Waals surface area contributed by atoms with Gasteiger partial charge in [-0.1, -0.05) is 0 Å². The summed E-state index contributed by atoms with van der Waals surface area (Å²) in [7, 11) is 0. The molecule has 1 rings (SSSR count). The molecule has 2 N–H and O–H groups in total. The molecular weight excluding hydrogens is 250 g/mol. The molecule has 1 heterocycles. The fourth-order valence-electron chi connectivity index (χ4n) is 1.56. The quantitative estimate of drug-likeness (QED) is 0.696. The van der Waals surface area contributed by atoms with Crippen LogP contribution in [0.25, 0.3) is 0 Å². The van der Waals surface area contributed by atoms with E-state index < -0.39 is 49.3 Å². The van der Waals surface area contributed by atoms with Crippen LogP contribution >= 0.6 is 0 Å². The van der Waals surface area contributed by atoms with Crippen LogP contribution in [0.4, 0.5) is 17.6 Å². The van der Waals surface area contributed by atoms with Gasteiger partial charge in [0.2, 0.25) is 0 Å². The number of carbonyl (C=O) groups excluding carboxylic acids is 1. The van der Waals surface area contributed by atoms with E-state index in [4.69, 9.17) is 10.2 Å². The highest BCUT2D eigenvalue weighted by Crippen LogP contribution is 2.29. The molecule has 1 fully saturated rings. The minimum absolute atomic E-state index is 0.0686. The van der Waals surface area contributed by atoms with Crippen LogP contribution in [0, 0.1) is 0 Å². The summed E-state index contributed by atoms with van der Waals surface area (Å²) in [5, 5.41) is 17.7. The number of hydrogen-bond donors (Lipinski definition) is 2. The predicted molar refractivity (Wildman–Crippen MR) is 44.7 cm³/mol. The van der Waals surface area contributed by atoms with E-state index in [0.717, 1.165) is 0 Å². The van der Waals surface area contributed by atoms with Crippen molar-refractivity contribution in [1.29, 1.82) is 0 Å². The van der Waals surface area contributed by atoms with E-state index in [1.807, 2.05) is 0 Å². The number of carbonyl (C=O) groups is 2. The van der Waals surface area contributed by atoms with Gasteiger partial charge in [-0.25, -0.2) is 13.6 Å². The second-order valence-electron chi connectivity index (χ2n) is 3.62. The van der Waals surface area contributed by atoms with Crippen molar-refractivity contribution in [1.82, 2.24) is 4.90 Å². The summed E-state index contributed by atoms with van der Waals surface area (Å²) in [4.78, 5) is 21.8. The molecule has 2 atom stereocenters. The van der Waals surface area contributed by atoms with Crippen LogP contribution in [0.2, 0.25) is 0 Å². The second kappa shape index (κ2) is 4.47. The van der Waals surface area contributed by atoms with E-state index in [9.17, 15) is 27.2 Å². The molecule has 0 saturated carbocycles. The molecule has 9 heteroatoms. The van der Waals surface area contributed by atoms with E-state index in [2.05, 4.69) is 0 Å². The van der Waals surface area contributed by atoms with Gasteiger partial charge in [0.15, 0.2) is 0 Å². The Labute approximate surface area is 92.6 Å². The number of halogens is 4. The number of nitrogens with zero attached hydrogens (tertiary/aromatic N) is 1. The van der Waals surface area contributed by atoms with Gasteiger partial charge in [0.1, 0.15) is 6.04 Å². The van der Waals surface area contributed by atoms with Gasteiger partial charge >= 0.3 is 18.3 Å².